The highest BCUT2D eigenvalue weighted by Gasteiger charge is 2.45. The summed E-state index contributed by atoms with van der Waals surface area (Å²) in [5, 5.41) is 9.46. The molecule has 0 radical (unpaired) electrons. The van der Waals surface area contributed by atoms with Gasteiger partial charge in [0.2, 0.25) is 0 Å². The molecule has 0 amide bonds. The SMILES string of the molecule is CCC1(C(=O)O)CCCN1Cc1ccncc1. The zero-order valence-corrected chi connectivity index (χ0v) is 10.1. The molecule has 1 fully saturated rings. The van der Waals surface area contributed by atoms with Gasteiger partial charge in [0, 0.05) is 18.9 Å². The van der Waals surface area contributed by atoms with Gasteiger partial charge in [0.15, 0.2) is 0 Å². The number of likely N-dealkylation sites (tertiary alicyclic amines) is 1. The highest BCUT2D eigenvalue weighted by Crippen LogP contribution is 2.33. The molecule has 1 aliphatic rings. The fraction of sp³-hybridized carbons (Fsp3) is 0.538. The molecule has 0 spiro atoms. The summed E-state index contributed by atoms with van der Waals surface area (Å²) in [6.45, 7) is 3.52. The Morgan fingerprint density at radius 3 is 2.82 bits per heavy atom. The van der Waals surface area contributed by atoms with Crippen molar-refractivity contribution >= 4 is 5.97 Å². The zero-order chi connectivity index (χ0) is 12.3. The van der Waals surface area contributed by atoms with Gasteiger partial charge >= 0.3 is 5.97 Å². The molecule has 4 heteroatoms. The molecule has 1 unspecified atom stereocenters. The fourth-order valence-corrected chi connectivity index (χ4v) is 2.67. The van der Waals surface area contributed by atoms with E-state index in [9.17, 15) is 9.90 Å². The molecule has 1 aliphatic heterocycles. The lowest BCUT2D eigenvalue weighted by molar-refractivity contribution is -0.150. The lowest BCUT2D eigenvalue weighted by Crippen LogP contribution is -2.49. The molecule has 1 aromatic rings. The average molecular weight is 234 g/mol. The minimum absolute atomic E-state index is 0.660. The van der Waals surface area contributed by atoms with E-state index < -0.39 is 11.5 Å². The van der Waals surface area contributed by atoms with Gasteiger partial charge in [-0.3, -0.25) is 14.7 Å². The molecule has 2 rings (SSSR count). The maximum absolute atomic E-state index is 11.5. The molecule has 0 bridgehead atoms. The van der Waals surface area contributed by atoms with Crippen molar-refractivity contribution < 1.29 is 9.90 Å². The van der Waals surface area contributed by atoms with E-state index in [2.05, 4.69) is 9.88 Å². The van der Waals surface area contributed by atoms with Crippen molar-refractivity contribution in [3.8, 4) is 0 Å². The van der Waals surface area contributed by atoms with Gasteiger partial charge in [-0.25, -0.2) is 0 Å². The second-order valence-corrected chi connectivity index (χ2v) is 4.57. The van der Waals surface area contributed by atoms with E-state index in [-0.39, 0.29) is 0 Å². The van der Waals surface area contributed by atoms with Gasteiger partial charge in [0.05, 0.1) is 0 Å². The molecular weight excluding hydrogens is 216 g/mol. The van der Waals surface area contributed by atoms with Crippen LogP contribution in [0.15, 0.2) is 24.5 Å². The van der Waals surface area contributed by atoms with E-state index in [1.54, 1.807) is 12.4 Å². The molecule has 0 aromatic carbocycles. The summed E-state index contributed by atoms with van der Waals surface area (Å²) in [5.41, 5.74) is 0.462. The first kappa shape index (κ1) is 12.0. The van der Waals surface area contributed by atoms with Crippen molar-refractivity contribution in [2.24, 2.45) is 0 Å². The molecule has 17 heavy (non-hydrogen) atoms. The predicted octanol–water partition coefficient (Wildman–Crippen LogP) is 1.91. The maximum atomic E-state index is 11.5. The summed E-state index contributed by atoms with van der Waals surface area (Å²) in [5.74, 6) is -0.688. The number of carboxylic acid groups (broad SMARTS) is 1. The normalized spacial score (nSPS) is 25.0. The number of carboxylic acids is 1. The smallest absolute Gasteiger partial charge is 0.324 e. The summed E-state index contributed by atoms with van der Waals surface area (Å²) in [7, 11) is 0. The summed E-state index contributed by atoms with van der Waals surface area (Å²) < 4.78 is 0. The quantitative estimate of drug-likeness (QED) is 0.864. The Labute approximate surface area is 101 Å². The third-order valence-electron chi connectivity index (χ3n) is 3.73. The summed E-state index contributed by atoms with van der Waals surface area (Å²) in [4.78, 5) is 17.6. The van der Waals surface area contributed by atoms with Gasteiger partial charge in [0.25, 0.3) is 0 Å². The van der Waals surface area contributed by atoms with Crippen LogP contribution in [0.3, 0.4) is 0 Å². The Bertz CT molecular complexity index is 394. The van der Waals surface area contributed by atoms with Gasteiger partial charge in [-0.05, 0) is 43.5 Å². The summed E-state index contributed by atoms with van der Waals surface area (Å²) >= 11 is 0. The van der Waals surface area contributed by atoms with Crippen LogP contribution >= 0.6 is 0 Å². The van der Waals surface area contributed by atoms with Crippen LogP contribution in [-0.4, -0.2) is 33.0 Å². The largest absolute Gasteiger partial charge is 0.480 e. The highest BCUT2D eigenvalue weighted by atomic mass is 16.4. The molecule has 0 saturated carbocycles. The lowest BCUT2D eigenvalue weighted by Gasteiger charge is -2.33. The van der Waals surface area contributed by atoms with Crippen LogP contribution in [0.2, 0.25) is 0 Å². The minimum Gasteiger partial charge on any atom is -0.480 e. The van der Waals surface area contributed by atoms with Gasteiger partial charge < -0.3 is 5.11 Å². The van der Waals surface area contributed by atoms with Crippen molar-refractivity contribution in [3.63, 3.8) is 0 Å². The monoisotopic (exact) mass is 234 g/mol. The molecule has 1 aromatic heterocycles. The van der Waals surface area contributed by atoms with Crippen LogP contribution in [0.1, 0.15) is 31.7 Å². The van der Waals surface area contributed by atoms with Crippen molar-refractivity contribution in [3.05, 3.63) is 30.1 Å². The molecule has 1 N–H and O–H groups in total. The molecule has 1 atom stereocenters. The van der Waals surface area contributed by atoms with Gasteiger partial charge in [-0.2, -0.15) is 0 Å². The number of pyridine rings is 1. The van der Waals surface area contributed by atoms with E-state index in [4.69, 9.17) is 0 Å². The van der Waals surface area contributed by atoms with Crippen molar-refractivity contribution in [2.45, 2.75) is 38.3 Å². The van der Waals surface area contributed by atoms with Gasteiger partial charge in [-0.1, -0.05) is 6.92 Å². The van der Waals surface area contributed by atoms with Crippen molar-refractivity contribution in [1.29, 1.82) is 0 Å². The number of hydrogen-bond donors (Lipinski definition) is 1. The standard InChI is InChI=1S/C13H18N2O2/c1-2-13(12(16)17)6-3-9-15(13)10-11-4-7-14-8-5-11/h4-5,7-8H,2-3,6,9-10H2,1H3,(H,16,17). The number of aliphatic carboxylic acids is 1. The summed E-state index contributed by atoms with van der Waals surface area (Å²) in [6.07, 6.45) is 5.88. The van der Waals surface area contributed by atoms with E-state index in [1.165, 1.54) is 0 Å². The Balaban J connectivity index is 2.17. The first-order chi connectivity index (χ1) is 8.19. The molecular formula is C13H18N2O2. The maximum Gasteiger partial charge on any atom is 0.324 e. The Morgan fingerprint density at radius 2 is 2.24 bits per heavy atom. The molecule has 0 aliphatic carbocycles. The van der Waals surface area contributed by atoms with Crippen molar-refractivity contribution in [2.75, 3.05) is 6.54 Å². The topological polar surface area (TPSA) is 53.4 Å². The van der Waals surface area contributed by atoms with Gasteiger partial charge in [-0.15, -0.1) is 0 Å². The van der Waals surface area contributed by atoms with Crippen LogP contribution < -0.4 is 0 Å². The lowest BCUT2D eigenvalue weighted by atomic mass is 9.92. The van der Waals surface area contributed by atoms with E-state index in [0.717, 1.165) is 24.9 Å². The van der Waals surface area contributed by atoms with Crippen LogP contribution in [0.25, 0.3) is 0 Å². The van der Waals surface area contributed by atoms with Crippen molar-refractivity contribution in [1.82, 2.24) is 9.88 Å². The highest BCUT2D eigenvalue weighted by molar-refractivity contribution is 5.79. The number of aromatic nitrogens is 1. The predicted molar refractivity (Wildman–Crippen MR) is 64.5 cm³/mol. The van der Waals surface area contributed by atoms with Crippen LogP contribution in [0.5, 0.6) is 0 Å². The number of rotatable bonds is 4. The molecule has 2 heterocycles. The Morgan fingerprint density at radius 1 is 1.53 bits per heavy atom. The zero-order valence-electron chi connectivity index (χ0n) is 10.1. The number of hydrogen-bond acceptors (Lipinski definition) is 3. The first-order valence-corrected chi connectivity index (χ1v) is 6.06. The number of carbonyl (C=O) groups is 1. The average Bonchev–Trinajstić information content (AvgIpc) is 2.74. The fourth-order valence-electron chi connectivity index (χ4n) is 2.67. The minimum atomic E-state index is -0.688. The van der Waals surface area contributed by atoms with E-state index >= 15 is 0 Å². The second-order valence-electron chi connectivity index (χ2n) is 4.57. The molecule has 4 nitrogen and oxygen atoms in total. The first-order valence-electron chi connectivity index (χ1n) is 6.06. The van der Waals surface area contributed by atoms with Crippen LogP contribution in [-0.2, 0) is 11.3 Å². The second kappa shape index (κ2) is 4.84. The Kier molecular flexibility index (Phi) is 3.43. The van der Waals surface area contributed by atoms with E-state index in [1.807, 2.05) is 19.1 Å². The third-order valence-corrected chi connectivity index (χ3v) is 3.73. The van der Waals surface area contributed by atoms with Crippen LogP contribution in [0, 0.1) is 0 Å². The Hall–Kier alpha value is -1.42. The van der Waals surface area contributed by atoms with Crippen LogP contribution in [0.4, 0.5) is 0 Å². The number of nitrogens with zero attached hydrogens (tertiary/aromatic N) is 2. The summed E-state index contributed by atoms with van der Waals surface area (Å²) in [6, 6.07) is 3.89. The van der Waals surface area contributed by atoms with Gasteiger partial charge in [0.1, 0.15) is 5.54 Å². The third kappa shape index (κ3) is 2.17. The molecule has 92 valence electrons. The van der Waals surface area contributed by atoms with E-state index in [0.29, 0.717) is 13.0 Å². The molecule has 1 saturated heterocycles.